The lowest BCUT2D eigenvalue weighted by Gasteiger charge is -2.43. The van der Waals surface area contributed by atoms with Crippen LogP contribution < -0.4 is 0 Å². The second-order valence-corrected chi connectivity index (χ2v) is 9.16. The summed E-state index contributed by atoms with van der Waals surface area (Å²) in [5.74, 6) is -1.65. The zero-order chi connectivity index (χ0) is 21.8. The van der Waals surface area contributed by atoms with Gasteiger partial charge in [-0.2, -0.15) is 24.5 Å². The SMILES string of the molecule is O=C(O)C(F)(F)F.O=C(c1ccsc1)N1CCCC2(COCCN(CC3CC3)C2)C1. The number of hydrogen-bond acceptors (Lipinski definition) is 5. The molecule has 3 fully saturated rings. The summed E-state index contributed by atoms with van der Waals surface area (Å²) in [6.45, 7) is 6.76. The average molecular weight is 449 g/mol. The molecule has 0 bridgehead atoms. The molecule has 1 aromatic heterocycles. The fraction of sp³-hybridized carbons (Fsp3) is 0.700. The van der Waals surface area contributed by atoms with Crippen molar-refractivity contribution < 1.29 is 32.6 Å². The summed E-state index contributed by atoms with van der Waals surface area (Å²) >= 11 is 1.60. The molecule has 3 heterocycles. The van der Waals surface area contributed by atoms with E-state index in [0.717, 1.165) is 57.3 Å². The van der Waals surface area contributed by atoms with Gasteiger partial charge in [0.05, 0.1) is 18.8 Å². The van der Waals surface area contributed by atoms with Crippen molar-refractivity contribution in [2.75, 3.05) is 45.9 Å². The smallest absolute Gasteiger partial charge is 0.475 e. The van der Waals surface area contributed by atoms with Crippen LogP contribution in [0.4, 0.5) is 13.2 Å². The number of carbonyl (C=O) groups excluding carboxylic acids is 1. The fourth-order valence-corrected chi connectivity index (χ4v) is 4.73. The van der Waals surface area contributed by atoms with Crippen LogP contribution in [-0.2, 0) is 9.53 Å². The number of carboxylic acids is 1. The minimum atomic E-state index is -5.08. The van der Waals surface area contributed by atoms with Gasteiger partial charge in [-0.1, -0.05) is 0 Å². The molecular weight excluding hydrogens is 421 g/mol. The number of halogens is 3. The molecule has 1 saturated carbocycles. The highest BCUT2D eigenvalue weighted by atomic mass is 32.1. The molecule has 6 nitrogen and oxygen atoms in total. The van der Waals surface area contributed by atoms with E-state index in [-0.39, 0.29) is 11.3 Å². The second-order valence-electron chi connectivity index (χ2n) is 8.38. The Morgan fingerprint density at radius 3 is 2.60 bits per heavy atom. The predicted octanol–water partition coefficient (Wildman–Crippen LogP) is 3.35. The van der Waals surface area contributed by atoms with E-state index in [1.54, 1.807) is 11.3 Å². The van der Waals surface area contributed by atoms with Crippen molar-refractivity contribution in [3.05, 3.63) is 22.4 Å². The summed E-state index contributed by atoms with van der Waals surface area (Å²) in [6.07, 6.45) is -0.0155. The number of amides is 1. The van der Waals surface area contributed by atoms with Gasteiger partial charge in [-0.25, -0.2) is 4.79 Å². The highest BCUT2D eigenvalue weighted by Crippen LogP contribution is 2.36. The summed E-state index contributed by atoms with van der Waals surface area (Å²) in [4.78, 5) is 26.3. The number of aliphatic carboxylic acids is 1. The third-order valence-electron chi connectivity index (χ3n) is 5.69. The van der Waals surface area contributed by atoms with Crippen molar-refractivity contribution in [1.82, 2.24) is 9.80 Å². The quantitative estimate of drug-likeness (QED) is 0.768. The molecule has 168 valence electrons. The molecule has 4 rings (SSSR count). The molecule has 1 amide bonds. The molecule has 2 aliphatic heterocycles. The first-order valence-corrected chi connectivity index (χ1v) is 11.0. The molecule has 1 unspecified atom stereocenters. The Morgan fingerprint density at radius 2 is 2.00 bits per heavy atom. The summed E-state index contributed by atoms with van der Waals surface area (Å²) in [6, 6.07) is 1.94. The van der Waals surface area contributed by atoms with Gasteiger partial charge in [0.1, 0.15) is 0 Å². The number of nitrogens with zero attached hydrogens (tertiary/aromatic N) is 2. The molecule has 30 heavy (non-hydrogen) atoms. The molecule has 10 heteroatoms. The number of rotatable bonds is 3. The Bertz CT molecular complexity index is 724. The van der Waals surface area contributed by atoms with Crippen LogP contribution >= 0.6 is 11.3 Å². The highest BCUT2D eigenvalue weighted by Gasteiger charge is 2.41. The maximum Gasteiger partial charge on any atom is 0.490 e. The number of alkyl halides is 3. The highest BCUT2D eigenvalue weighted by molar-refractivity contribution is 7.08. The monoisotopic (exact) mass is 448 g/mol. The van der Waals surface area contributed by atoms with Gasteiger partial charge in [-0.05, 0) is 43.0 Å². The zero-order valence-corrected chi connectivity index (χ0v) is 17.5. The van der Waals surface area contributed by atoms with Crippen molar-refractivity contribution in [1.29, 1.82) is 0 Å². The van der Waals surface area contributed by atoms with Crippen molar-refractivity contribution in [2.45, 2.75) is 31.9 Å². The normalized spacial score (nSPS) is 25.4. The first kappa shape index (κ1) is 23.0. The minimum Gasteiger partial charge on any atom is -0.475 e. The molecular formula is C20H27F3N2O4S. The second kappa shape index (κ2) is 9.65. The summed E-state index contributed by atoms with van der Waals surface area (Å²) in [5.41, 5.74) is 0.978. The van der Waals surface area contributed by atoms with Crippen LogP contribution in [0.2, 0.25) is 0 Å². The molecule has 0 radical (unpaired) electrons. The fourth-order valence-electron chi connectivity index (χ4n) is 4.10. The van der Waals surface area contributed by atoms with Gasteiger partial charge >= 0.3 is 12.1 Å². The van der Waals surface area contributed by atoms with Gasteiger partial charge in [0.15, 0.2) is 0 Å². The third-order valence-corrected chi connectivity index (χ3v) is 6.37. The van der Waals surface area contributed by atoms with Crippen LogP contribution in [0.5, 0.6) is 0 Å². The topological polar surface area (TPSA) is 70.1 Å². The molecule has 1 N–H and O–H groups in total. The minimum absolute atomic E-state index is 0.134. The predicted molar refractivity (Wildman–Crippen MR) is 106 cm³/mol. The molecule has 3 aliphatic rings. The number of likely N-dealkylation sites (tertiary alicyclic amines) is 1. The number of hydrogen-bond donors (Lipinski definition) is 1. The van der Waals surface area contributed by atoms with Crippen molar-refractivity contribution in [3.63, 3.8) is 0 Å². The first-order chi connectivity index (χ1) is 14.2. The number of carbonyl (C=O) groups is 2. The Hall–Kier alpha value is -1.65. The van der Waals surface area contributed by atoms with E-state index < -0.39 is 12.1 Å². The first-order valence-electron chi connectivity index (χ1n) is 10.1. The lowest BCUT2D eigenvalue weighted by molar-refractivity contribution is -0.192. The molecule has 1 aromatic rings. The van der Waals surface area contributed by atoms with Gasteiger partial charge in [0.25, 0.3) is 5.91 Å². The molecule has 2 saturated heterocycles. The van der Waals surface area contributed by atoms with Crippen LogP contribution in [-0.4, -0.2) is 78.9 Å². The maximum absolute atomic E-state index is 12.7. The zero-order valence-electron chi connectivity index (χ0n) is 16.7. The third kappa shape index (κ3) is 6.42. The largest absolute Gasteiger partial charge is 0.490 e. The summed E-state index contributed by atoms with van der Waals surface area (Å²) in [5, 5.41) is 11.1. The van der Waals surface area contributed by atoms with E-state index in [4.69, 9.17) is 14.6 Å². The Labute approximate surface area is 177 Å². The summed E-state index contributed by atoms with van der Waals surface area (Å²) < 4.78 is 37.7. The van der Waals surface area contributed by atoms with Gasteiger partial charge in [-0.15, -0.1) is 0 Å². The molecule has 1 atom stereocenters. The lowest BCUT2D eigenvalue weighted by Crippen LogP contribution is -2.52. The Kier molecular flexibility index (Phi) is 7.41. The van der Waals surface area contributed by atoms with E-state index in [1.165, 1.54) is 25.8 Å². The Morgan fingerprint density at radius 1 is 1.27 bits per heavy atom. The number of thiophene rings is 1. The van der Waals surface area contributed by atoms with E-state index >= 15 is 0 Å². The average Bonchev–Trinajstić information content (AvgIpc) is 3.37. The molecule has 1 aliphatic carbocycles. The number of carboxylic acid groups (broad SMARTS) is 1. The standard InChI is InChI=1S/C18H26N2O2S.C2HF3O2/c21-17(16-4-9-23-11-16)20-6-1-5-18(13-20)12-19(7-8-22-14-18)10-15-2-3-15;3-2(4,5)1(6)7/h4,9,11,15H,1-3,5-8,10,12-14H2;(H,6,7). The van der Waals surface area contributed by atoms with Gasteiger partial charge in [-0.3, -0.25) is 4.79 Å². The van der Waals surface area contributed by atoms with Crippen molar-refractivity contribution in [3.8, 4) is 0 Å². The summed E-state index contributed by atoms with van der Waals surface area (Å²) in [7, 11) is 0. The molecule has 1 spiro atoms. The lowest BCUT2D eigenvalue weighted by atomic mass is 9.80. The number of ether oxygens (including phenoxy) is 1. The van der Waals surface area contributed by atoms with Gasteiger partial charge in [0, 0.05) is 43.5 Å². The van der Waals surface area contributed by atoms with E-state index in [1.807, 2.05) is 16.8 Å². The van der Waals surface area contributed by atoms with Gasteiger partial charge < -0.3 is 19.6 Å². The van der Waals surface area contributed by atoms with Crippen molar-refractivity contribution in [2.24, 2.45) is 11.3 Å². The van der Waals surface area contributed by atoms with Crippen LogP contribution in [0.15, 0.2) is 16.8 Å². The van der Waals surface area contributed by atoms with Crippen molar-refractivity contribution >= 4 is 23.2 Å². The van der Waals surface area contributed by atoms with Gasteiger partial charge in [0.2, 0.25) is 0 Å². The number of piperidine rings is 1. The maximum atomic E-state index is 12.7. The van der Waals surface area contributed by atoms with Crippen LogP contribution in [0.1, 0.15) is 36.0 Å². The van der Waals surface area contributed by atoms with E-state index in [2.05, 4.69) is 9.80 Å². The Balaban J connectivity index is 0.000000318. The van der Waals surface area contributed by atoms with Crippen LogP contribution in [0.3, 0.4) is 0 Å². The van der Waals surface area contributed by atoms with E-state index in [0.29, 0.717) is 0 Å². The van der Waals surface area contributed by atoms with Crippen LogP contribution in [0, 0.1) is 11.3 Å². The molecule has 0 aromatic carbocycles. The van der Waals surface area contributed by atoms with Crippen LogP contribution in [0.25, 0.3) is 0 Å². The van der Waals surface area contributed by atoms with E-state index in [9.17, 15) is 18.0 Å².